The second-order valence-electron chi connectivity index (χ2n) is 3.92. The van der Waals surface area contributed by atoms with Gasteiger partial charge in [0.2, 0.25) is 0 Å². The molecule has 0 spiro atoms. The first-order valence-corrected chi connectivity index (χ1v) is 6.55. The highest BCUT2D eigenvalue weighted by atomic mass is 127. The number of hydrogen-bond donors (Lipinski definition) is 0. The number of aromatic nitrogens is 3. The summed E-state index contributed by atoms with van der Waals surface area (Å²) in [5.41, 5.74) is 0.215. The van der Waals surface area contributed by atoms with Crippen molar-refractivity contribution in [1.82, 2.24) is 15.0 Å². The molecule has 0 atom stereocenters. The lowest BCUT2D eigenvalue weighted by molar-refractivity contribution is 0.598. The predicted octanol–water partition coefficient (Wildman–Crippen LogP) is 2.52. The van der Waals surface area contributed by atoms with Crippen molar-refractivity contribution >= 4 is 33.5 Å². The van der Waals surface area contributed by atoms with E-state index >= 15 is 0 Å². The Hall–Kier alpha value is -1.83. The molecule has 4 nitrogen and oxygen atoms in total. The molecule has 0 aliphatic carbocycles. The van der Waals surface area contributed by atoms with Gasteiger partial charge in [-0.3, -0.25) is 4.79 Å². The average molecular weight is 367 g/mol. The molecule has 19 heavy (non-hydrogen) atoms. The maximum Gasteiger partial charge on any atom is 0.282 e. The van der Waals surface area contributed by atoms with Crippen LogP contribution in [0.2, 0.25) is 0 Å². The third-order valence-electron chi connectivity index (χ3n) is 2.70. The Morgan fingerprint density at radius 2 is 1.95 bits per heavy atom. The van der Waals surface area contributed by atoms with Gasteiger partial charge < -0.3 is 0 Å². The van der Waals surface area contributed by atoms with Crippen LogP contribution >= 0.6 is 22.6 Å². The zero-order chi connectivity index (χ0) is 13.4. The molecule has 0 N–H and O–H groups in total. The van der Waals surface area contributed by atoms with Gasteiger partial charge in [0.1, 0.15) is 17.0 Å². The summed E-state index contributed by atoms with van der Waals surface area (Å²) in [5, 5.41) is 8.14. The second-order valence-corrected chi connectivity index (χ2v) is 5.16. The van der Waals surface area contributed by atoms with Crippen LogP contribution in [0.3, 0.4) is 0 Å². The summed E-state index contributed by atoms with van der Waals surface area (Å²) in [6.07, 6.45) is 0. The molecule has 3 aromatic rings. The zero-order valence-corrected chi connectivity index (χ0v) is 11.7. The van der Waals surface area contributed by atoms with Crippen LogP contribution in [0.4, 0.5) is 4.39 Å². The van der Waals surface area contributed by atoms with Gasteiger partial charge in [0.15, 0.2) is 0 Å². The monoisotopic (exact) mass is 367 g/mol. The van der Waals surface area contributed by atoms with Crippen molar-refractivity contribution in [3.63, 3.8) is 0 Å². The van der Waals surface area contributed by atoms with Crippen LogP contribution in [-0.4, -0.2) is 15.0 Å². The number of halogens is 2. The van der Waals surface area contributed by atoms with Crippen molar-refractivity contribution in [2.24, 2.45) is 0 Å². The fourth-order valence-corrected chi connectivity index (χ4v) is 2.29. The number of nitrogens with zero attached hydrogens (tertiary/aromatic N) is 3. The Balaban J connectivity index is 2.35. The Bertz CT molecular complexity index is 831. The SMILES string of the molecule is O=c1c2cc(I)ccc2nnn1-c1ccccc1F. The lowest BCUT2D eigenvalue weighted by Gasteiger charge is -2.05. The van der Waals surface area contributed by atoms with Gasteiger partial charge in [0.25, 0.3) is 5.56 Å². The minimum absolute atomic E-state index is 0.0979. The molecule has 0 saturated heterocycles. The van der Waals surface area contributed by atoms with E-state index < -0.39 is 5.82 Å². The van der Waals surface area contributed by atoms with Crippen molar-refractivity contribution in [3.05, 3.63) is 62.2 Å². The number of hydrogen-bond acceptors (Lipinski definition) is 3. The smallest absolute Gasteiger partial charge is 0.267 e. The minimum Gasteiger partial charge on any atom is -0.267 e. The van der Waals surface area contributed by atoms with Crippen LogP contribution in [0.25, 0.3) is 16.6 Å². The van der Waals surface area contributed by atoms with E-state index in [4.69, 9.17) is 0 Å². The first kappa shape index (κ1) is 12.2. The molecule has 0 unspecified atom stereocenters. The molecular formula is C13H7FIN3O. The van der Waals surface area contributed by atoms with Crippen LogP contribution < -0.4 is 5.56 Å². The highest BCUT2D eigenvalue weighted by Gasteiger charge is 2.10. The Morgan fingerprint density at radius 3 is 2.74 bits per heavy atom. The summed E-state index contributed by atoms with van der Waals surface area (Å²) in [6.45, 7) is 0. The lowest BCUT2D eigenvalue weighted by atomic mass is 10.2. The van der Waals surface area contributed by atoms with Crippen molar-refractivity contribution in [2.75, 3.05) is 0 Å². The average Bonchev–Trinajstić information content (AvgIpc) is 2.41. The maximum atomic E-state index is 13.7. The molecule has 6 heteroatoms. The maximum absolute atomic E-state index is 13.7. The standard InChI is InChI=1S/C13H7FIN3O/c14-10-3-1-2-4-12(10)18-13(19)9-7-8(15)5-6-11(9)16-17-18/h1-7H. The summed E-state index contributed by atoms with van der Waals surface area (Å²) < 4.78 is 15.6. The number of benzene rings is 2. The lowest BCUT2D eigenvalue weighted by Crippen LogP contribution is -2.23. The van der Waals surface area contributed by atoms with Crippen molar-refractivity contribution in [2.45, 2.75) is 0 Å². The van der Waals surface area contributed by atoms with E-state index in [1.807, 2.05) is 6.07 Å². The quantitative estimate of drug-likeness (QED) is 0.621. The van der Waals surface area contributed by atoms with E-state index in [1.165, 1.54) is 12.1 Å². The van der Waals surface area contributed by atoms with E-state index in [2.05, 4.69) is 32.9 Å². The number of fused-ring (bicyclic) bond motifs is 1. The molecule has 0 aliphatic rings. The minimum atomic E-state index is -0.510. The van der Waals surface area contributed by atoms with E-state index in [9.17, 15) is 9.18 Å². The highest BCUT2D eigenvalue weighted by molar-refractivity contribution is 14.1. The molecule has 0 bridgehead atoms. The fourth-order valence-electron chi connectivity index (χ4n) is 1.80. The van der Waals surface area contributed by atoms with Crippen molar-refractivity contribution in [1.29, 1.82) is 0 Å². The molecule has 0 amide bonds. The summed E-state index contributed by atoms with van der Waals surface area (Å²) in [7, 11) is 0. The molecule has 0 aliphatic heterocycles. The molecule has 2 aromatic carbocycles. The van der Waals surface area contributed by atoms with Crippen molar-refractivity contribution in [3.8, 4) is 5.69 Å². The van der Waals surface area contributed by atoms with Crippen LogP contribution in [0, 0.1) is 9.39 Å². The summed E-state index contributed by atoms with van der Waals surface area (Å²) in [5.74, 6) is -0.510. The predicted molar refractivity (Wildman–Crippen MR) is 77.8 cm³/mol. The third-order valence-corrected chi connectivity index (χ3v) is 3.37. The van der Waals surface area contributed by atoms with Gasteiger partial charge in [-0.25, -0.2) is 4.39 Å². The molecule has 94 valence electrons. The Kier molecular flexibility index (Phi) is 3.02. The van der Waals surface area contributed by atoms with Crippen LogP contribution in [0.15, 0.2) is 47.3 Å². The first-order valence-electron chi connectivity index (χ1n) is 5.47. The first-order chi connectivity index (χ1) is 9.16. The van der Waals surface area contributed by atoms with Crippen LogP contribution in [-0.2, 0) is 0 Å². The van der Waals surface area contributed by atoms with Crippen molar-refractivity contribution < 1.29 is 4.39 Å². The van der Waals surface area contributed by atoms with Gasteiger partial charge in [-0.1, -0.05) is 17.3 Å². The highest BCUT2D eigenvalue weighted by Crippen LogP contribution is 2.13. The van der Waals surface area contributed by atoms with Crippen LogP contribution in [0.5, 0.6) is 0 Å². The van der Waals surface area contributed by atoms with Gasteiger partial charge in [0, 0.05) is 3.57 Å². The number of rotatable bonds is 1. The summed E-state index contributed by atoms with van der Waals surface area (Å²) in [6, 6.07) is 11.2. The van der Waals surface area contributed by atoms with Gasteiger partial charge in [-0.15, -0.1) is 5.10 Å². The van der Waals surface area contributed by atoms with Gasteiger partial charge in [-0.05, 0) is 52.9 Å². The molecule has 1 aromatic heterocycles. The van der Waals surface area contributed by atoms with E-state index in [-0.39, 0.29) is 11.2 Å². The molecule has 0 saturated carbocycles. The molecule has 0 radical (unpaired) electrons. The molecule has 1 heterocycles. The molecule has 0 fully saturated rings. The zero-order valence-electron chi connectivity index (χ0n) is 9.55. The second kappa shape index (κ2) is 4.69. The van der Waals surface area contributed by atoms with Crippen LogP contribution in [0.1, 0.15) is 0 Å². The van der Waals surface area contributed by atoms with Gasteiger partial charge in [-0.2, -0.15) is 4.68 Å². The Morgan fingerprint density at radius 1 is 1.16 bits per heavy atom. The molecule has 3 rings (SSSR count). The van der Waals surface area contributed by atoms with Gasteiger partial charge >= 0.3 is 0 Å². The fraction of sp³-hybridized carbons (Fsp3) is 0. The normalized spacial score (nSPS) is 10.8. The number of para-hydroxylation sites is 1. The molecular weight excluding hydrogens is 360 g/mol. The largest absolute Gasteiger partial charge is 0.282 e. The topological polar surface area (TPSA) is 47.8 Å². The third kappa shape index (κ3) is 2.12. The van der Waals surface area contributed by atoms with E-state index in [1.54, 1.807) is 24.3 Å². The summed E-state index contributed by atoms with van der Waals surface area (Å²) >= 11 is 2.11. The van der Waals surface area contributed by atoms with E-state index in [0.717, 1.165) is 8.25 Å². The van der Waals surface area contributed by atoms with Gasteiger partial charge in [0.05, 0.1) is 5.39 Å². The summed E-state index contributed by atoms with van der Waals surface area (Å²) in [4.78, 5) is 12.3. The Labute approximate surface area is 121 Å². The van der Waals surface area contributed by atoms with E-state index in [0.29, 0.717) is 10.9 Å².